The van der Waals surface area contributed by atoms with Crippen LogP contribution in [0.5, 0.6) is 5.75 Å². The van der Waals surface area contributed by atoms with Crippen molar-refractivity contribution in [1.82, 2.24) is 10.2 Å². The molecule has 0 heterocycles. The van der Waals surface area contributed by atoms with E-state index in [1.165, 1.54) is 0 Å². The van der Waals surface area contributed by atoms with Crippen LogP contribution in [0.3, 0.4) is 0 Å². The van der Waals surface area contributed by atoms with Crippen LogP contribution in [0.1, 0.15) is 23.6 Å². The summed E-state index contributed by atoms with van der Waals surface area (Å²) in [5, 5.41) is 2.61. The highest BCUT2D eigenvalue weighted by atomic mass is 16.5. The van der Waals surface area contributed by atoms with Gasteiger partial charge in [0.2, 0.25) is 5.91 Å². The minimum absolute atomic E-state index is 0.115. The second kappa shape index (κ2) is 9.04. The molecule has 0 aliphatic rings. The molecule has 1 N–H and O–H groups in total. The van der Waals surface area contributed by atoms with Gasteiger partial charge in [0.15, 0.2) is 6.61 Å². The number of amides is 2. The van der Waals surface area contributed by atoms with Gasteiger partial charge in [-0.1, -0.05) is 42.0 Å². The Morgan fingerprint density at radius 1 is 1.08 bits per heavy atom. The molecule has 0 bridgehead atoms. The van der Waals surface area contributed by atoms with E-state index in [1.54, 1.807) is 18.9 Å². The van der Waals surface area contributed by atoms with Crippen LogP contribution in [0.15, 0.2) is 48.5 Å². The molecule has 0 spiro atoms. The minimum Gasteiger partial charge on any atom is -0.484 e. The van der Waals surface area contributed by atoms with Crippen molar-refractivity contribution < 1.29 is 14.3 Å². The predicted molar refractivity (Wildman–Crippen MR) is 102 cm³/mol. The average Bonchev–Trinajstić information content (AvgIpc) is 2.65. The van der Waals surface area contributed by atoms with Crippen LogP contribution in [-0.4, -0.2) is 36.4 Å². The molecule has 0 saturated carbocycles. The lowest BCUT2D eigenvalue weighted by Gasteiger charge is -2.28. The van der Waals surface area contributed by atoms with Gasteiger partial charge in [-0.3, -0.25) is 9.59 Å². The molecule has 5 nitrogen and oxygen atoms in total. The number of carbonyl (C=O) groups is 2. The normalized spacial score (nSPS) is 11.5. The maximum absolute atomic E-state index is 12.8. The van der Waals surface area contributed by atoms with E-state index in [1.807, 2.05) is 62.4 Å². The summed E-state index contributed by atoms with van der Waals surface area (Å²) in [6, 6.07) is 14.8. The van der Waals surface area contributed by atoms with Crippen LogP contribution in [0.4, 0.5) is 0 Å². The largest absolute Gasteiger partial charge is 0.484 e. The van der Waals surface area contributed by atoms with Crippen LogP contribution in [0.25, 0.3) is 0 Å². The SMILES string of the molecule is CNC(=O)[C@H](C)N(Cc1ccccc1C)C(=O)COc1ccc(C)cc1. The second-order valence-electron chi connectivity index (χ2n) is 6.34. The summed E-state index contributed by atoms with van der Waals surface area (Å²) in [5.41, 5.74) is 3.21. The molecular formula is C21H26N2O3. The Morgan fingerprint density at radius 3 is 2.35 bits per heavy atom. The first kappa shape index (κ1) is 19.5. The summed E-state index contributed by atoms with van der Waals surface area (Å²) in [5.74, 6) is 0.194. The highest BCUT2D eigenvalue weighted by Crippen LogP contribution is 2.15. The van der Waals surface area contributed by atoms with Crippen molar-refractivity contribution in [3.63, 3.8) is 0 Å². The van der Waals surface area contributed by atoms with Crippen molar-refractivity contribution in [2.45, 2.75) is 33.4 Å². The van der Waals surface area contributed by atoms with Crippen LogP contribution < -0.4 is 10.1 Å². The maximum atomic E-state index is 12.8. The maximum Gasteiger partial charge on any atom is 0.261 e. The average molecular weight is 354 g/mol. The first-order valence-electron chi connectivity index (χ1n) is 8.67. The smallest absolute Gasteiger partial charge is 0.261 e. The van der Waals surface area contributed by atoms with Gasteiger partial charge in [0.1, 0.15) is 11.8 Å². The number of carbonyl (C=O) groups excluding carboxylic acids is 2. The van der Waals surface area contributed by atoms with Gasteiger partial charge in [0, 0.05) is 13.6 Å². The Morgan fingerprint density at radius 2 is 1.73 bits per heavy atom. The Labute approximate surface area is 155 Å². The zero-order chi connectivity index (χ0) is 19.1. The number of nitrogens with one attached hydrogen (secondary N) is 1. The second-order valence-corrected chi connectivity index (χ2v) is 6.34. The monoisotopic (exact) mass is 354 g/mol. The van der Waals surface area contributed by atoms with Gasteiger partial charge in [-0.05, 0) is 44.0 Å². The molecule has 2 amide bonds. The molecular weight excluding hydrogens is 328 g/mol. The van der Waals surface area contributed by atoms with E-state index in [9.17, 15) is 9.59 Å². The first-order chi connectivity index (χ1) is 12.4. The molecule has 0 aliphatic carbocycles. The molecule has 0 radical (unpaired) electrons. The Bertz CT molecular complexity index is 756. The number of aryl methyl sites for hydroxylation is 2. The van der Waals surface area contributed by atoms with E-state index < -0.39 is 6.04 Å². The number of ether oxygens (including phenoxy) is 1. The summed E-state index contributed by atoms with van der Waals surface area (Å²) >= 11 is 0. The molecule has 0 aromatic heterocycles. The molecule has 2 rings (SSSR count). The van der Waals surface area contributed by atoms with Crippen molar-refractivity contribution in [3.8, 4) is 5.75 Å². The van der Waals surface area contributed by atoms with Gasteiger partial charge in [-0.25, -0.2) is 0 Å². The Kier molecular flexibility index (Phi) is 6.78. The summed E-state index contributed by atoms with van der Waals surface area (Å²) in [4.78, 5) is 26.4. The number of nitrogens with zero attached hydrogens (tertiary/aromatic N) is 1. The molecule has 0 unspecified atom stereocenters. The molecule has 2 aromatic carbocycles. The van der Waals surface area contributed by atoms with E-state index in [2.05, 4.69) is 5.32 Å². The molecule has 1 atom stereocenters. The zero-order valence-corrected chi connectivity index (χ0v) is 15.8. The Balaban J connectivity index is 2.13. The van der Waals surface area contributed by atoms with E-state index in [4.69, 9.17) is 4.74 Å². The highest BCUT2D eigenvalue weighted by molar-refractivity contribution is 5.87. The third-order valence-electron chi connectivity index (χ3n) is 4.40. The zero-order valence-electron chi connectivity index (χ0n) is 15.8. The fourth-order valence-corrected chi connectivity index (χ4v) is 2.63. The lowest BCUT2D eigenvalue weighted by molar-refractivity contribution is -0.142. The number of hydrogen-bond donors (Lipinski definition) is 1. The Hall–Kier alpha value is -2.82. The number of benzene rings is 2. The molecule has 2 aromatic rings. The van der Waals surface area contributed by atoms with E-state index in [-0.39, 0.29) is 18.4 Å². The fourth-order valence-electron chi connectivity index (χ4n) is 2.63. The van der Waals surface area contributed by atoms with Gasteiger partial charge in [0.05, 0.1) is 0 Å². The topological polar surface area (TPSA) is 58.6 Å². The summed E-state index contributed by atoms with van der Waals surface area (Å²) in [6.07, 6.45) is 0. The predicted octanol–water partition coefficient (Wildman–Crippen LogP) is 2.85. The number of hydrogen-bond acceptors (Lipinski definition) is 3. The lowest BCUT2D eigenvalue weighted by Crippen LogP contribution is -2.48. The van der Waals surface area contributed by atoms with Gasteiger partial charge in [0.25, 0.3) is 5.91 Å². The molecule has 138 valence electrons. The molecule has 0 fully saturated rings. The standard InChI is InChI=1S/C21H26N2O3/c1-15-9-11-19(12-10-15)26-14-20(24)23(17(3)21(25)22-4)13-18-8-6-5-7-16(18)2/h5-12,17H,13-14H2,1-4H3,(H,22,25)/t17-/m0/s1. The van der Waals surface area contributed by atoms with Crippen molar-refractivity contribution in [3.05, 3.63) is 65.2 Å². The highest BCUT2D eigenvalue weighted by Gasteiger charge is 2.26. The third kappa shape index (κ3) is 5.09. The molecule has 26 heavy (non-hydrogen) atoms. The fraction of sp³-hybridized carbons (Fsp3) is 0.333. The van der Waals surface area contributed by atoms with E-state index >= 15 is 0 Å². The molecule has 5 heteroatoms. The minimum atomic E-state index is -0.589. The van der Waals surface area contributed by atoms with Crippen LogP contribution >= 0.6 is 0 Å². The van der Waals surface area contributed by atoms with Crippen LogP contribution in [0, 0.1) is 13.8 Å². The van der Waals surface area contributed by atoms with Crippen LogP contribution in [0.2, 0.25) is 0 Å². The lowest BCUT2D eigenvalue weighted by atomic mass is 10.1. The van der Waals surface area contributed by atoms with Crippen LogP contribution in [-0.2, 0) is 16.1 Å². The summed E-state index contributed by atoms with van der Waals surface area (Å²) in [6.45, 7) is 5.95. The molecule has 0 aliphatic heterocycles. The van der Waals surface area contributed by atoms with Gasteiger partial charge in [-0.15, -0.1) is 0 Å². The summed E-state index contributed by atoms with van der Waals surface area (Å²) in [7, 11) is 1.57. The van der Waals surface area contributed by atoms with Crippen molar-refractivity contribution in [2.24, 2.45) is 0 Å². The van der Waals surface area contributed by atoms with Gasteiger partial charge in [-0.2, -0.15) is 0 Å². The molecule has 0 saturated heterocycles. The number of rotatable bonds is 7. The van der Waals surface area contributed by atoms with Crippen molar-refractivity contribution in [2.75, 3.05) is 13.7 Å². The van der Waals surface area contributed by atoms with Gasteiger partial charge < -0.3 is 15.0 Å². The van der Waals surface area contributed by atoms with Gasteiger partial charge >= 0.3 is 0 Å². The van der Waals surface area contributed by atoms with E-state index in [0.29, 0.717) is 12.3 Å². The number of likely N-dealkylation sites (N-methyl/N-ethyl adjacent to an activating group) is 1. The van der Waals surface area contributed by atoms with E-state index in [0.717, 1.165) is 16.7 Å². The van der Waals surface area contributed by atoms with Crippen molar-refractivity contribution >= 4 is 11.8 Å². The van der Waals surface area contributed by atoms with Crippen molar-refractivity contribution in [1.29, 1.82) is 0 Å². The quantitative estimate of drug-likeness (QED) is 0.832. The first-order valence-corrected chi connectivity index (χ1v) is 8.67. The summed E-state index contributed by atoms with van der Waals surface area (Å²) < 4.78 is 5.61. The third-order valence-corrected chi connectivity index (χ3v) is 4.40.